The minimum atomic E-state index is -0.866. The molecule has 0 spiro atoms. The van der Waals surface area contributed by atoms with E-state index in [0.717, 1.165) is 23.1 Å². The van der Waals surface area contributed by atoms with Gasteiger partial charge in [-0.15, -0.1) is 0 Å². The van der Waals surface area contributed by atoms with Crippen LogP contribution in [0.2, 0.25) is 0 Å². The molecule has 0 aromatic heterocycles. The summed E-state index contributed by atoms with van der Waals surface area (Å²) in [6.07, 6.45) is 2.17. The van der Waals surface area contributed by atoms with Gasteiger partial charge in [0.15, 0.2) is 11.5 Å². The lowest BCUT2D eigenvalue weighted by atomic mass is 10.1. The van der Waals surface area contributed by atoms with Gasteiger partial charge in [-0.2, -0.15) is 5.10 Å². The number of anilines is 1. The quantitative estimate of drug-likeness (QED) is 0.217. The summed E-state index contributed by atoms with van der Waals surface area (Å²) in [5, 5.41) is 6.53. The Hall–Kier alpha value is -3.65. The number of hydrogen-bond acceptors (Lipinski definition) is 5. The molecule has 0 fully saturated rings. The van der Waals surface area contributed by atoms with Gasteiger partial charge >= 0.3 is 11.8 Å². The number of para-hydroxylation sites is 1. The van der Waals surface area contributed by atoms with Gasteiger partial charge in [-0.3, -0.25) is 9.59 Å². The predicted octanol–water partition coefficient (Wildman–Crippen LogP) is 5.39. The van der Waals surface area contributed by atoms with Crippen molar-refractivity contribution >= 4 is 39.6 Å². The molecular formula is C27H28BrN3O4. The lowest BCUT2D eigenvalue weighted by Gasteiger charge is -2.15. The molecule has 7 nitrogen and oxygen atoms in total. The Bertz CT molecular complexity index is 1230. The van der Waals surface area contributed by atoms with Crippen LogP contribution >= 0.6 is 15.9 Å². The number of rotatable bonds is 9. The Morgan fingerprint density at radius 1 is 1.00 bits per heavy atom. The van der Waals surface area contributed by atoms with Gasteiger partial charge in [-0.05, 0) is 71.1 Å². The van der Waals surface area contributed by atoms with Crippen LogP contribution in [0.25, 0.3) is 0 Å². The molecule has 0 aliphatic rings. The number of nitrogens with one attached hydrogen (secondary N) is 2. The van der Waals surface area contributed by atoms with Crippen LogP contribution in [0.1, 0.15) is 36.1 Å². The second kappa shape index (κ2) is 12.7. The first-order chi connectivity index (χ1) is 16.9. The van der Waals surface area contributed by atoms with E-state index in [4.69, 9.17) is 9.47 Å². The van der Waals surface area contributed by atoms with E-state index in [0.29, 0.717) is 40.4 Å². The summed E-state index contributed by atoms with van der Waals surface area (Å²) < 4.78 is 12.5. The summed E-state index contributed by atoms with van der Waals surface area (Å²) >= 11 is 3.53. The van der Waals surface area contributed by atoms with E-state index in [-0.39, 0.29) is 0 Å². The second-order valence-corrected chi connectivity index (χ2v) is 8.56. The number of nitrogens with zero attached hydrogens (tertiary/aromatic N) is 1. The van der Waals surface area contributed by atoms with Crippen molar-refractivity contribution in [3.63, 3.8) is 0 Å². The van der Waals surface area contributed by atoms with Gasteiger partial charge in [0.2, 0.25) is 0 Å². The van der Waals surface area contributed by atoms with E-state index in [2.05, 4.69) is 37.8 Å². The smallest absolute Gasteiger partial charge is 0.329 e. The Labute approximate surface area is 213 Å². The van der Waals surface area contributed by atoms with E-state index < -0.39 is 11.8 Å². The monoisotopic (exact) mass is 537 g/mol. The summed E-state index contributed by atoms with van der Waals surface area (Å²) in [5.41, 5.74) is 6.66. The molecule has 0 radical (unpaired) electrons. The minimum Gasteiger partial charge on any atom is -0.490 e. The molecule has 3 rings (SSSR count). The molecule has 0 aliphatic carbocycles. The molecule has 0 saturated carbocycles. The SMILES string of the molecule is CCOc1cc(/C=N/NC(=O)C(=O)Nc2ccccc2CC)cc(Br)c1OCc1cccc(C)c1. The normalized spacial score (nSPS) is 10.7. The van der Waals surface area contributed by atoms with E-state index in [9.17, 15) is 9.59 Å². The van der Waals surface area contributed by atoms with Gasteiger partial charge in [0.05, 0.1) is 17.3 Å². The lowest BCUT2D eigenvalue weighted by Crippen LogP contribution is -2.32. The number of hydrazone groups is 1. The number of hydrogen-bond donors (Lipinski definition) is 2. The van der Waals surface area contributed by atoms with Crippen molar-refractivity contribution < 1.29 is 19.1 Å². The maximum absolute atomic E-state index is 12.2. The molecule has 3 aromatic carbocycles. The topological polar surface area (TPSA) is 89.0 Å². The Morgan fingerprint density at radius 2 is 1.80 bits per heavy atom. The second-order valence-electron chi connectivity index (χ2n) is 7.70. The van der Waals surface area contributed by atoms with Gasteiger partial charge in [-0.1, -0.05) is 55.0 Å². The first kappa shape index (κ1) is 26.0. The fourth-order valence-electron chi connectivity index (χ4n) is 3.37. The number of benzene rings is 3. The van der Waals surface area contributed by atoms with Crippen LogP contribution in [0, 0.1) is 6.92 Å². The lowest BCUT2D eigenvalue weighted by molar-refractivity contribution is -0.136. The number of ether oxygens (including phenoxy) is 2. The molecule has 0 unspecified atom stereocenters. The first-order valence-corrected chi connectivity index (χ1v) is 12.1. The highest BCUT2D eigenvalue weighted by Gasteiger charge is 2.15. The number of amides is 2. The van der Waals surface area contributed by atoms with Crippen LogP contribution < -0.4 is 20.2 Å². The van der Waals surface area contributed by atoms with Crippen LogP contribution in [-0.2, 0) is 22.6 Å². The number of aryl methyl sites for hydroxylation is 2. The van der Waals surface area contributed by atoms with Crippen LogP contribution in [-0.4, -0.2) is 24.6 Å². The molecule has 2 N–H and O–H groups in total. The molecule has 0 saturated heterocycles. The van der Waals surface area contributed by atoms with E-state index in [1.54, 1.807) is 24.3 Å². The molecule has 0 bridgehead atoms. The van der Waals surface area contributed by atoms with Crippen LogP contribution in [0.5, 0.6) is 11.5 Å². The standard InChI is InChI=1S/C27H28BrN3O4/c1-4-21-11-6-7-12-23(21)30-26(32)27(33)31-29-16-20-14-22(28)25(24(15-20)34-5-2)35-17-19-10-8-9-18(3)13-19/h6-16H,4-5,17H2,1-3H3,(H,30,32)(H,31,33)/b29-16+. The summed E-state index contributed by atoms with van der Waals surface area (Å²) in [5.74, 6) is -0.548. The zero-order valence-corrected chi connectivity index (χ0v) is 21.5. The summed E-state index contributed by atoms with van der Waals surface area (Å²) in [6.45, 7) is 6.73. The predicted molar refractivity (Wildman–Crippen MR) is 141 cm³/mol. The molecule has 8 heteroatoms. The zero-order chi connectivity index (χ0) is 25.2. The first-order valence-electron chi connectivity index (χ1n) is 11.3. The third kappa shape index (κ3) is 7.42. The third-order valence-electron chi connectivity index (χ3n) is 5.03. The van der Waals surface area contributed by atoms with Gasteiger partial charge in [0, 0.05) is 5.69 Å². The molecule has 0 aliphatic heterocycles. The van der Waals surface area contributed by atoms with Crippen molar-refractivity contribution in [2.45, 2.75) is 33.8 Å². The van der Waals surface area contributed by atoms with Crippen molar-refractivity contribution in [3.05, 3.63) is 87.4 Å². The fraction of sp³-hybridized carbons (Fsp3) is 0.222. The maximum atomic E-state index is 12.2. The van der Waals surface area contributed by atoms with Gasteiger partial charge < -0.3 is 14.8 Å². The molecule has 3 aromatic rings. The molecule has 0 atom stereocenters. The van der Waals surface area contributed by atoms with Crippen molar-refractivity contribution in [2.75, 3.05) is 11.9 Å². The Balaban J connectivity index is 1.66. The van der Waals surface area contributed by atoms with Crippen LogP contribution in [0.3, 0.4) is 0 Å². The van der Waals surface area contributed by atoms with Gasteiger partial charge in [0.1, 0.15) is 6.61 Å². The van der Waals surface area contributed by atoms with Gasteiger partial charge in [-0.25, -0.2) is 5.43 Å². The van der Waals surface area contributed by atoms with Crippen molar-refractivity contribution in [2.24, 2.45) is 5.10 Å². The van der Waals surface area contributed by atoms with E-state index in [1.165, 1.54) is 6.21 Å². The van der Waals surface area contributed by atoms with Crippen LogP contribution in [0.4, 0.5) is 5.69 Å². The summed E-state index contributed by atoms with van der Waals surface area (Å²) in [4.78, 5) is 24.4. The summed E-state index contributed by atoms with van der Waals surface area (Å²) in [6, 6.07) is 19.0. The minimum absolute atomic E-state index is 0.389. The Morgan fingerprint density at radius 3 is 2.54 bits per heavy atom. The number of halogens is 1. The van der Waals surface area contributed by atoms with Crippen molar-refractivity contribution in [1.82, 2.24) is 5.43 Å². The molecule has 35 heavy (non-hydrogen) atoms. The average molecular weight is 538 g/mol. The van der Waals surface area contributed by atoms with Gasteiger partial charge in [0.25, 0.3) is 0 Å². The largest absolute Gasteiger partial charge is 0.490 e. The van der Waals surface area contributed by atoms with E-state index >= 15 is 0 Å². The number of carbonyl (C=O) groups excluding carboxylic acids is 2. The molecule has 2 amide bonds. The molecular weight excluding hydrogens is 510 g/mol. The highest BCUT2D eigenvalue weighted by molar-refractivity contribution is 9.10. The molecule has 0 heterocycles. The Kier molecular flexibility index (Phi) is 9.43. The highest BCUT2D eigenvalue weighted by Crippen LogP contribution is 2.37. The molecule has 182 valence electrons. The maximum Gasteiger partial charge on any atom is 0.329 e. The highest BCUT2D eigenvalue weighted by atomic mass is 79.9. The average Bonchev–Trinajstić information content (AvgIpc) is 2.84. The van der Waals surface area contributed by atoms with Crippen molar-refractivity contribution in [1.29, 1.82) is 0 Å². The third-order valence-corrected chi connectivity index (χ3v) is 5.62. The zero-order valence-electron chi connectivity index (χ0n) is 19.9. The van der Waals surface area contributed by atoms with Crippen molar-refractivity contribution in [3.8, 4) is 11.5 Å². The van der Waals surface area contributed by atoms with Crippen LogP contribution in [0.15, 0.2) is 70.2 Å². The van der Waals surface area contributed by atoms with E-state index in [1.807, 2.05) is 51.1 Å². The number of carbonyl (C=O) groups is 2. The summed E-state index contributed by atoms with van der Waals surface area (Å²) in [7, 11) is 0. The fourth-order valence-corrected chi connectivity index (χ4v) is 3.94.